The third-order valence-corrected chi connectivity index (χ3v) is 3.84. The molecule has 0 bridgehead atoms. The summed E-state index contributed by atoms with van der Waals surface area (Å²) in [4.78, 5) is 11.8. The quantitative estimate of drug-likeness (QED) is 0.736. The van der Waals surface area contributed by atoms with Crippen molar-refractivity contribution in [3.63, 3.8) is 0 Å². The smallest absolute Gasteiger partial charge is 0.387 e. The van der Waals surface area contributed by atoms with E-state index in [-0.39, 0.29) is 16.7 Å². The number of amides is 1. The molecule has 0 aliphatic rings. The minimum absolute atomic E-state index is 0.193. The van der Waals surface area contributed by atoms with E-state index in [0.717, 1.165) is 0 Å². The van der Waals surface area contributed by atoms with Crippen molar-refractivity contribution in [2.45, 2.75) is 6.61 Å². The largest absolute Gasteiger partial charge is 0.456 e. The van der Waals surface area contributed by atoms with Gasteiger partial charge in [-0.05, 0) is 30.3 Å². The highest BCUT2D eigenvalue weighted by atomic mass is 32.2. The number of primary amides is 1. The van der Waals surface area contributed by atoms with E-state index < -0.39 is 23.5 Å². The molecule has 0 saturated heterocycles. The number of nitrogens with two attached hydrogens (primary N) is 1. The first kappa shape index (κ1) is 16.2. The van der Waals surface area contributed by atoms with Crippen LogP contribution >= 0.6 is 0 Å². The molecule has 0 aliphatic heterocycles. The minimum atomic E-state index is -3.10. The lowest BCUT2D eigenvalue weighted by molar-refractivity contribution is -0.0500. The molecule has 6 nitrogen and oxygen atoms in total. The Kier molecular flexibility index (Phi) is 4.10. The second-order valence-electron chi connectivity index (χ2n) is 4.92. The Balaban J connectivity index is 2.32. The summed E-state index contributed by atoms with van der Waals surface area (Å²) in [6.07, 6.45) is 1.46. The van der Waals surface area contributed by atoms with E-state index in [9.17, 15) is 17.8 Å². The normalized spacial score (nSPS) is 12.7. The van der Waals surface area contributed by atoms with Gasteiger partial charge in [-0.2, -0.15) is 8.78 Å². The van der Waals surface area contributed by atoms with Crippen LogP contribution in [0.3, 0.4) is 0 Å². The zero-order valence-electron chi connectivity index (χ0n) is 12.3. The number of anilines is 1. The number of carbonyl (C=O) groups is 1. The molecule has 1 unspecified atom stereocenters. The number of rotatable bonds is 5. The molecule has 0 saturated carbocycles. The minimum Gasteiger partial charge on any atom is -0.456 e. The fraction of sp³-hybridized carbons (Fsp3) is 0.133. The van der Waals surface area contributed by atoms with Gasteiger partial charge in [0.15, 0.2) is 0 Å². The molecule has 0 fully saturated rings. The summed E-state index contributed by atoms with van der Waals surface area (Å²) in [5.74, 6) is -1.25. The van der Waals surface area contributed by atoms with Crippen molar-refractivity contribution in [1.29, 1.82) is 0 Å². The van der Waals surface area contributed by atoms with Crippen LogP contribution in [0.5, 0.6) is 5.75 Å². The van der Waals surface area contributed by atoms with E-state index in [1.165, 1.54) is 18.4 Å². The average Bonchev–Trinajstić information content (AvgIpc) is 2.83. The fourth-order valence-electron chi connectivity index (χ4n) is 2.52. The SMILES string of the molecule is CS(=O)Nc1ccc2oc3ccc(OC(F)F)c(C(N)=O)c3c2c1. The number of halogens is 2. The molecule has 1 aromatic heterocycles. The first-order valence-corrected chi connectivity index (χ1v) is 8.26. The highest BCUT2D eigenvalue weighted by Gasteiger charge is 2.21. The van der Waals surface area contributed by atoms with E-state index in [4.69, 9.17) is 10.2 Å². The van der Waals surface area contributed by atoms with Crippen LogP contribution in [0, 0.1) is 0 Å². The summed E-state index contributed by atoms with van der Waals surface area (Å²) in [6.45, 7) is -3.10. The number of hydrogen-bond donors (Lipinski definition) is 2. The highest BCUT2D eigenvalue weighted by Crippen LogP contribution is 2.37. The van der Waals surface area contributed by atoms with Crippen LogP contribution in [0.15, 0.2) is 34.7 Å². The Labute approximate surface area is 137 Å². The van der Waals surface area contributed by atoms with Gasteiger partial charge in [-0.3, -0.25) is 4.79 Å². The summed E-state index contributed by atoms with van der Waals surface area (Å²) in [5, 5.41) is 0.732. The van der Waals surface area contributed by atoms with Crippen LogP contribution in [0.4, 0.5) is 14.5 Å². The van der Waals surface area contributed by atoms with Gasteiger partial charge in [0.05, 0.1) is 5.56 Å². The second-order valence-corrected chi connectivity index (χ2v) is 6.04. The predicted octanol–water partition coefficient (Wildman–Crippen LogP) is 2.99. The first-order chi connectivity index (χ1) is 11.4. The molecule has 1 amide bonds. The Hall–Kier alpha value is -2.68. The third kappa shape index (κ3) is 2.90. The topological polar surface area (TPSA) is 94.6 Å². The monoisotopic (exact) mass is 354 g/mol. The summed E-state index contributed by atoms with van der Waals surface area (Å²) in [6, 6.07) is 7.48. The van der Waals surface area contributed by atoms with Crippen molar-refractivity contribution in [1.82, 2.24) is 0 Å². The number of hydrogen-bond acceptors (Lipinski definition) is 4. The molecule has 2 aromatic carbocycles. The number of fused-ring (bicyclic) bond motifs is 3. The molecule has 1 heterocycles. The second kappa shape index (κ2) is 6.08. The zero-order chi connectivity index (χ0) is 17.4. The van der Waals surface area contributed by atoms with E-state index in [0.29, 0.717) is 22.2 Å². The molecule has 1 atom stereocenters. The third-order valence-electron chi connectivity index (χ3n) is 3.32. The summed E-state index contributed by atoms with van der Waals surface area (Å²) < 4.78 is 49.1. The lowest BCUT2D eigenvalue weighted by atomic mass is 10.0. The Morgan fingerprint density at radius 1 is 1.29 bits per heavy atom. The van der Waals surface area contributed by atoms with Crippen LogP contribution in [-0.2, 0) is 11.0 Å². The van der Waals surface area contributed by atoms with Crippen molar-refractivity contribution in [2.75, 3.05) is 11.0 Å². The molecule has 3 rings (SSSR count). The molecule has 9 heteroatoms. The summed E-state index contributed by atoms with van der Waals surface area (Å²) in [5.41, 5.74) is 6.40. The predicted molar refractivity (Wildman–Crippen MR) is 86.6 cm³/mol. The maximum absolute atomic E-state index is 12.6. The van der Waals surface area contributed by atoms with Crippen molar-refractivity contribution in [3.05, 3.63) is 35.9 Å². The van der Waals surface area contributed by atoms with E-state index >= 15 is 0 Å². The van der Waals surface area contributed by atoms with Gasteiger partial charge in [0.2, 0.25) is 0 Å². The van der Waals surface area contributed by atoms with E-state index in [1.807, 2.05) is 0 Å². The number of ether oxygens (including phenoxy) is 1. The van der Waals surface area contributed by atoms with Crippen LogP contribution in [0.25, 0.3) is 21.9 Å². The molecule has 0 radical (unpaired) electrons. The van der Waals surface area contributed by atoms with Gasteiger partial charge in [-0.1, -0.05) is 0 Å². The highest BCUT2D eigenvalue weighted by molar-refractivity contribution is 7.85. The van der Waals surface area contributed by atoms with Gasteiger partial charge >= 0.3 is 6.61 Å². The van der Waals surface area contributed by atoms with Crippen molar-refractivity contribution in [3.8, 4) is 5.75 Å². The van der Waals surface area contributed by atoms with Crippen LogP contribution in [-0.4, -0.2) is 23.0 Å². The lowest BCUT2D eigenvalue weighted by Crippen LogP contribution is -2.15. The first-order valence-electron chi connectivity index (χ1n) is 6.71. The molecular formula is C15H12F2N2O4S. The maximum Gasteiger partial charge on any atom is 0.387 e. The zero-order valence-corrected chi connectivity index (χ0v) is 13.2. The Morgan fingerprint density at radius 3 is 2.62 bits per heavy atom. The maximum atomic E-state index is 12.6. The van der Waals surface area contributed by atoms with Gasteiger partial charge in [0.25, 0.3) is 5.91 Å². The molecule has 24 heavy (non-hydrogen) atoms. The summed E-state index contributed by atoms with van der Waals surface area (Å²) >= 11 is 0. The van der Waals surface area contributed by atoms with Gasteiger partial charge in [0, 0.05) is 22.7 Å². The number of nitrogens with one attached hydrogen (secondary N) is 1. The average molecular weight is 354 g/mol. The summed E-state index contributed by atoms with van der Waals surface area (Å²) in [7, 11) is -1.30. The molecular weight excluding hydrogens is 342 g/mol. The van der Waals surface area contributed by atoms with Gasteiger partial charge in [0.1, 0.15) is 27.9 Å². The molecule has 126 valence electrons. The van der Waals surface area contributed by atoms with Gasteiger partial charge in [-0.25, -0.2) is 4.21 Å². The van der Waals surface area contributed by atoms with Crippen molar-refractivity contribution >= 4 is 44.5 Å². The Morgan fingerprint density at radius 2 is 2.00 bits per heavy atom. The lowest BCUT2D eigenvalue weighted by Gasteiger charge is -2.09. The van der Waals surface area contributed by atoms with Crippen molar-refractivity contribution in [2.24, 2.45) is 5.73 Å². The standard InChI is InChI=1S/C15H12F2N2O4S/c1-24(21)19-7-2-3-9-8(6-7)12-10(22-9)4-5-11(23-15(16)17)13(12)14(18)20/h2-6,15,19H,1H3,(H2,18,20). The van der Waals surface area contributed by atoms with Crippen LogP contribution in [0.1, 0.15) is 10.4 Å². The van der Waals surface area contributed by atoms with Crippen molar-refractivity contribution < 1.29 is 26.9 Å². The molecule has 3 N–H and O–H groups in total. The number of alkyl halides is 2. The molecule has 3 aromatic rings. The van der Waals surface area contributed by atoms with E-state index in [1.54, 1.807) is 18.2 Å². The van der Waals surface area contributed by atoms with E-state index in [2.05, 4.69) is 9.46 Å². The molecule has 0 aliphatic carbocycles. The number of carbonyl (C=O) groups excluding carboxylic acids is 1. The number of benzene rings is 2. The van der Waals surface area contributed by atoms with Gasteiger partial charge in [-0.15, -0.1) is 0 Å². The molecule has 0 spiro atoms. The Bertz CT molecular complexity index is 971. The van der Waals surface area contributed by atoms with Crippen LogP contribution < -0.4 is 15.2 Å². The van der Waals surface area contributed by atoms with Crippen LogP contribution in [0.2, 0.25) is 0 Å². The number of furan rings is 1. The fourth-order valence-corrected chi connectivity index (χ4v) is 2.98. The van der Waals surface area contributed by atoms with Gasteiger partial charge < -0.3 is 19.6 Å².